The number of methoxy groups -OCH3 is 2. The molecule has 2 N–H and O–H groups in total. The molecule has 4 atom stereocenters. The van der Waals surface area contributed by atoms with E-state index in [-0.39, 0.29) is 18.2 Å². The molecule has 1 aromatic carbocycles. The molecule has 0 spiro atoms. The van der Waals surface area contributed by atoms with Gasteiger partial charge in [-0.15, -0.1) is 0 Å². The second-order valence-electron chi connectivity index (χ2n) is 6.90. The second-order valence-corrected chi connectivity index (χ2v) is 6.90. The van der Waals surface area contributed by atoms with Gasteiger partial charge in [-0.3, -0.25) is 9.59 Å². The normalized spacial score (nSPS) is 25.4. The number of nitrogens with one attached hydrogen (secondary N) is 1. The molecule has 0 bridgehead atoms. The van der Waals surface area contributed by atoms with Crippen LogP contribution in [0.1, 0.15) is 43.7 Å². The van der Waals surface area contributed by atoms with Crippen molar-refractivity contribution in [3.8, 4) is 11.5 Å². The Morgan fingerprint density at radius 2 is 1.88 bits per heavy atom. The summed E-state index contributed by atoms with van der Waals surface area (Å²) in [5.74, 6) is 1.16. The number of rotatable bonds is 7. The zero-order valence-corrected chi connectivity index (χ0v) is 14.7. The Labute approximate surface area is 147 Å². The predicted molar refractivity (Wildman–Crippen MR) is 91.6 cm³/mol. The Balaban J connectivity index is 1.78. The lowest BCUT2D eigenvalue weighted by Crippen LogP contribution is -2.32. The van der Waals surface area contributed by atoms with E-state index in [1.54, 1.807) is 25.3 Å². The molecule has 2 aliphatic carbocycles. The topological polar surface area (TPSA) is 84.9 Å². The van der Waals surface area contributed by atoms with Crippen molar-refractivity contribution < 1.29 is 24.2 Å². The fourth-order valence-corrected chi connectivity index (χ4v) is 4.17. The second kappa shape index (κ2) is 7.33. The third kappa shape index (κ3) is 3.72. The Morgan fingerprint density at radius 1 is 1.20 bits per heavy atom. The minimum absolute atomic E-state index is 0.0268. The van der Waals surface area contributed by atoms with Crippen molar-refractivity contribution in [2.24, 2.45) is 17.8 Å². The molecule has 2 fully saturated rings. The summed E-state index contributed by atoms with van der Waals surface area (Å²) in [4.78, 5) is 24.0. The van der Waals surface area contributed by atoms with Crippen LogP contribution >= 0.6 is 0 Å². The van der Waals surface area contributed by atoms with Gasteiger partial charge in [0.15, 0.2) is 0 Å². The van der Waals surface area contributed by atoms with Crippen LogP contribution in [-0.2, 0) is 9.59 Å². The maximum absolute atomic E-state index is 12.7. The van der Waals surface area contributed by atoms with E-state index in [2.05, 4.69) is 5.32 Å². The molecule has 25 heavy (non-hydrogen) atoms. The summed E-state index contributed by atoms with van der Waals surface area (Å²) in [6, 6.07) is 4.59. The highest BCUT2D eigenvalue weighted by Gasteiger charge is 2.54. The zero-order valence-electron chi connectivity index (χ0n) is 14.7. The molecular formula is C19H25NO5. The summed E-state index contributed by atoms with van der Waals surface area (Å²) in [5, 5.41) is 12.2. The van der Waals surface area contributed by atoms with Crippen LogP contribution < -0.4 is 14.8 Å². The Hall–Kier alpha value is -2.24. The van der Waals surface area contributed by atoms with Gasteiger partial charge >= 0.3 is 5.97 Å². The van der Waals surface area contributed by atoms with Crippen LogP contribution in [0, 0.1) is 17.8 Å². The SMILES string of the molecule is COc1ccc([C@@H](CC(=O)O)NC(=O)C2[C@H]3CCCC[C@@H]23)c(OC)c1. The van der Waals surface area contributed by atoms with Crippen molar-refractivity contribution in [3.05, 3.63) is 23.8 Å². The van der Waals surface area contributed by atoms with Crippen LogP contribution in [0.15, 0.2) is 18.2 Å². The average molecular weight is 347 g/mol. The number of fused-ring (bicyclic) bond motifs is 1. The number of benzene rings is 1. The molecule has 0 aliphatic heterocycles. The summed E-state index contributed by atoms with van der Waals surface area (Å²) in [6.07, 6.45) is 4.42. The first kappa shape index (κ1) is 17.6. The van der Waals surface area contributed by atoms with Gasteiger partial charge in [0.2, 0.25) is 5.91 Å². The van der Waals surface area contributed by atoms with Gasteiger partial charge in [0.05, 0.1) is 26.7 Å². The Kier molecular flexibility index (Phi) is 5.16. The molecule has 1 unspecified atom stereocenters. The molecule has 1 amide bonds. The van der Waals surface area contributed by atoms with Gasteiger partial charge < -0.3 is 19.9 Å². The van der Waals surface area contributed by atoms with Crippen molar-refractivity contribution in [3.63, 3.8) is 0 Å². The van der Waals surface area contributed by atoms with Crippen LogP contribution in [-0.4, -0.2) is 31.2 Å². The first-order valence-electron chi connectivity index (χ1n) is 8.79. The molecule has 3 rings (SSSR count). The van der Waals surface area contributed by atoms with Crippen LogP contribution in [0.5, 0.6) is 11.5 Å². The quantitative estimate of drug-likeness (QED) is 0.792. The number of hydrogen-bond donors (Lipinski definition) is 2. The van der Waals surface area contributed by atoms with Crippen LogP contribution in [0.25, 0.3) is 0 Å². The minimum Gasteiger partial charge on any atom is -0.497 e. The lowest BCUT2D eigenvalue weighted by atomic mass is 10.0. The number of carbonyl (C=O) groups excluding carboxylic acids is 1. The van der Waals surface area contributed by atoms with E-state index in [9.17, 15) is 14.7 Å². The van der Waals surface area contributed by atoms with Gasteiger partial charge in [0.1, 0.15) is 11.5 Å². The van der Waals surface area contributed by atoms with Gasteiger partial charge in [-0.1, -0.05) is 12.8 Å². The minimum atomic E-state index is -0.962. The van der Waals surface area contributed by atoms with E-state index in [1.165, 1.54) is 20.0 Å². The fourth-order valence-electron chi connectivity index (χ4n) is 4.17. The monoisotopic (exact) mass is 347 g/mol. The van der Waals surface area contributed by atoms with Crippen LogP contribution in [0.4, 0.5) is 0 Å². The fraction of sp³-hybridized carbons (Fsp3) is 0.579. The van der Waals surface area contributed by atoms with Crippen LogP contribution in [0.2, 0.25) is 0 Å². The summed E-state index contributed by atoms with van der Waals surface area (Å²) in [5.41, 5.74) is 0.655. The summed E-state index contributed by atoms with van der Waals surface area (Å²) >= 11 is 0. The maximum atomic E-state index is 12.7. The molecular weight excluding hydrogens is 322 g/mol. The van der Waals surface area contributed by atoms with E-state index in [0.29, 0.717) is 28.9 Å². The van der Waals surface area contributed by atoms with Crippen LogP contribution in [0.3, 0.4) is 0 Å². The molecule has 2 aliphatic rings. The predicted octanol–water partition coefficient (Wildman–Crippen LogP) is 2.77. The molecule has 0 saturated heterocycles. The smallest absolute Gasteiger partial charge is 0.305 e. The maximum Gasteiger partial charge on any atom is 0.305 e. The van der Waals surface area contributed by atoms with Crippen molar-refractivity contribution >= 4 is 11.9 Å². The Bertz CT molecular complexity index is 647. The molecule has 1 aromatic rings. The van der Waals surface area contributed by atoms with Crippen molar-refractivity contribution in [2.45, 2.75) is 38.1 Å². The molecule has 0 aromatic heterocycles. The van der Waals surface area contributed by atoms with E-state index < -0.39 is 12.0 Å². The third-order valence-corrected chi connectivity index (χ3v) is 5.47. The lowest BCUT2D eigenvalue weighted by Gasteiger charge is -2.20. The Morgan fingerprint density at radius 3 is 2.44 bits per heavy atom. The third-order valence-electron chi connectivity index (χ3n) is 5.47. The number of hydrogen-bond acceptors (Lipinski definition) is 4. The highest BCUT2D eigenvalue weighted by atomic mass is 16.5. The highest BCUT2D eigenvalue weighted by Crippen LogP contribution is 2.55. The number of carbonyl (C=O) groups is 2. The number of ether oxygens (including phenoxy) is 2. The first-order valence-corrected chi connectivity index (χ1v) is 8.79. The molecule has 0 heterocycles. The lowest BCUT2D eigenvalue weighted by molar-refractivity contribution is -0.137. The largest absolute Gasteiger partial charge is 0.497 e. The van der Waals surface area contributed by atoms with Gasteiger partial charge in [-0.2, -0.15) is 0 Å². The summed E-state index contributed by atoms with van der Waals surface area (Å²) in [6.45, 7) is 0. The van der Waals surface area contributed by atoms with E-state index >= 15 is 0 Å². The molecule has 6 nitrogen and oxygen atoms in total. The molecule has 2 saturated carbocycles. The standard InChI is InChI=1S/C19H25NO5/c1-24-11-7-8-14(16(9-11)25-2)15(10-17(21)22)20-19(23)18-12-5-3-4-6-13(12)18/h7-9,12-13,15,18H,3-6,10H2,1-2H3,(H,20,23)(H,21,22)/t12-,13+,15-,18?/m1/s1. The number of aliphatic carboxylic acids is 1. The highest BCUT2D eigenvalue weighted by molar-refractivity contribution is 5.83. The van der Waals surface area contributed by atoms with E-state index in [4.69, 9.17) is 9.47 Å². The number of carboxylic acid groups (broad SMARTS) is 1. The molecule has 136 valence electrons. The van der Waals surface area contributed by atoms with Gasteiger partial charge in [-0.05, 0) is 36.8 Å². The summed E-state index contributed by atoms with van der Waals surface area (Å²) < 4.78 is 10.6. The van der Waals surface area contributed by atoms with E-state index in [1.807, 2.05) is 0 Å². The average Bonchev–Trinajstić information content (AvgIpc) is 3.34. The number of amides is 1. The molecule has 6 heteroatoms. The van der Waals surface area contributed by atoms with Gasteiger partial charge in [-0.25, -0.2) is 0 Å². The van der Waals surface area contributed by atoms with Gasteiger partial charge in [0.25, 0.3) is 0 Å². The summed E-state index contributed by atoms with van der Waals surface area (Å²) in [7, 11) is 3.08. The van der Waals surface area contributed by atoms with Crippen molar-refractivity contribution in [1.29, 1.82) is 0 Å². The first-order chi connectivity index (χ1) is 12.0. The molecule has 0 radical (unpaired) electrons. The van der Waals surface area contributed by atoms with Crippen molar-refractivity contribution in [1.82, 2.24) is 5.32 Å². The number of carboxylic acids is 1. The van der Waals surface area contributed by atoms with E-state index in [0.717, 1.165) is 12.8 Å². The van der Waals surface area contributed by atoms with Crippen molar-refractivity contribution in [2.75, 3.05) is 14.2 Å². The van der Waals surface area contributed by atoms with Gasteiger partial charge in [0, 0.05) is 17.5 Å². The zero-order chi connectivity index (χ0) is 18.0.